The Morgan fingerprint density at radius 2 is 2.00 bits per heavy atom. The highest BCUT2D eigenvalue weighted by atomic mass is 16.5. The summed E-state index contributed by atoms with van der Waals surface area (Å²) in [6.07, 6.45) is 5.57. The van der Waals surface area contributed by atoms with Crippen molar-refractivity contribution in [1.82, 2.24) is 9.80 Å². The molecule has 2 bridgehead atoms. The number of piperidine rings is 1. The number of nitrogens with zero attached hydrogens (tertiary/aromatic N) is 2. The lowest BCUT2D eigenvalue weighted by Crippen LogP contribution is -2.47. The number of methoxy groups -OCH3 is 1. The molecule has 6 nitrogen and oxygen atoms in total. The van der Waals surface area contributed by atoms with Crippen molar-refractivity contribution in [2.75, 3.05) is 33.3 Å². The summed E-state index contributed by atoms with van der Waals surface area (Å²) < 4.78 is 10.3. The Kier molecular flexibility index (Phi) is 6.00. The van der Waals surface area contributed by atoms with Gasteiger partial charge >= 0.3 is 0 Å². The van der Waals surface area contributed by atoms with Gasteiger partial charge in [-0.2, -0.15) is 0 Å². The van der Waals surface area contributed by atoms with Crippen LogP contribution in [-0.4, -0.2) is 55.0 Å². The summed E-state index contributed by atoms with van der Waals surface area (Å²) in [6.45, 7) is 3.69. The zero-order valence-electron chi connectivity index (χ0n) is 16.9. The van der Waals surface area contributed by atoms with Crippen LogP contribution in [0.1, 0.15) is 35.4 Å². The van der Waals surface area contributed by atoms with Gasteiger partial charge in [-0.1, -0.05) is 30.3 Å². The van der Waals surface area contributed by atoms with Crippen LogP contribution in [0.5, 0.6) is 5.75 Å². The SMILES string of the molecule is COc1coc(C(=O)N2C[C@H]3CC[C@@H]2CN(CCCc2ccccc2)C3)cc1=O. The first kappa shape index (κ1) is 19.7. The number of benzene rings is 1. The van der Waals surface area contributed by atoms with E-state index in [-0.39, 0.29) is 28.9 Å². The summed E-state index contributed by atoms with van der Waals surface area (Å²) in [5.41, 5.74) is 1.04. The molecule has 3 fully saturated rings. The number of hydrogen-bond donors (Lipinski definition) is 0. The Labute approximate surface area is 171 Å². The third kappa shape index (κ3) is 4.53. The van der Waals surface area contributed by atoms with Crippen LogP contribution >= 0.6 is 0 Å². The van der Waals surface area contributed by atoms with Gasteiger partial charge in [-0.25, -0.2) is 0 Å². The van der Waals surface area contributed by atoms with Crippen molar-refractivity contribution in [3.8, 4) is 5.75 Å². The molecule has 1 aromatic carbocycles. The summed E-state index contributed by atoms with van der Waals surface area (Å²) in [7, 11) is 1.41. The van der Waals surface area contributed by atoms with Gasteiger partial charge < -0.3 is 19.0 Å². The molecule has 0 N–H and O–H groups in total. The van der Waals surface area contributed by atoms with E-state index in [2.05, 4.69) is 29.2 Å². The fourth-order valence-electron chi connectivity index (χ4n) is 4.56. The van der Waals surface area contributed by atoms with Gasteiger partial charge in [0.05, 0.1) is 7.11 Å². The van der Waals surface area contributed by atoms with Gasteiger partial charge in [-0.05, 0) is 43.7 Å². The Balaban J connectivity index is 1.39. The maximum atomic E-state index is 13.0. The van der Waals surface area contributed by atoms with Gasteiger partial charge in [0.25, 0.3) is 5.91 Å². The number of aryl methyl sites for hydroxylation is 1. The number of carbonyl (C=O) groups is 1. The van der Waals surface area contributed by atoms with Gasteiger partial charge in [-0.15, -0.1) is 0 Å². The first-order valence-electron chi connectivity index (χ1n) is 10.4. The summed E-state index contributed by atoms with van der Waals surface area (Å²) >= 11 is 0. The highest BCUT2D eigenvalue weighted by molar-refractivity contribution is 5.91. The Bertz CT molecular complexity index is 895. The van der Waals surface area contributed by atoms with Crippen molar-refractivity contribution >= 4 is 5.91 Å². The number of fused-ring (bicyclic) bond motifs is 4. The fraction of sp³-hybridized carbons (Fsp3) is 0.478. The molecule has 0 radical (unpaired) electrons. The zero-order valence-corrected chi connectivity index (χ0v) is 16.9. The topological polar surface area (TPSA) is 63.0 Å². The van der Waals surface area contributed by atoms with Crippen LogP contribution in [-0.2, 0) is 6.42 Å². The summed E-state index contributed by atoms with van der Waals surface area (Å²) in [5.74, 6) is 0.493. The lowest BCUT2D eigenvalue weighted by molar-refractivity contribution is 0.0549. The van der Waals surface area contributed by atoms with Crippen molar-refractivity contribution in [3.05, 3.63) is 64.2 Å². The van der Waals surface area contributed by atoms with E-state index in [9.17, 15) is 9.59 Å². The molecule has 0 spiro atoms. The molecule has 5 rings (SSSR count). The molecule has 1 aromatic heterocycles. The van der Waals surface area contributed by atoms with Crippen molar-refractivity contribution < 1.29 is 13.9 Å². The van der Waals surface area contributed by atoms with Gasteiger partial charge in [0.15, 0.2) is 5.76 Å². The second-order valence-corrected chi connectivity index (χ2v) is 8.08. The smallest absolute Gasteiger partial charge is 0.290 e. The zero-order chi connectivity index (χ0) is 20.2. The van der Waals surface area contributed by atoms with Crippen LogP contribution in [0.3, 0.4) is 0 Å². The van der Waals surface area contributed by atoms with E-state index in [1.54, 1.807) is 0 Å². The van der Waals surface area contributed by atoms with E-state index in [0.717, 1.165) is 51.9 Å². The second kappa shape index (κ2) is 8.82. The molecule has 3 aliphatic heterocycles. The Hall–Kier alpha value is -2.60. The van der Waals surface area contributed by atoms with Crippen LogP contribution in [0.15, 0.2) is 51.9 Å². The van der Waals surface area contributed by atoms with Crippen LogP contribution in [0.4, 0.5) is 0 Å². The summed E-state index contributed by atoms with van der Waals surface area (Å²) in [4.78, 5) is 29.5. The monoisotopic (exact) mass is 396 g/mol. The molecule has 6 heteroatoms. The van der Waals surface area contributed by atoms with E-state index in [1.807, 2.05) is 11.0 Å². The number of amides is 1. The quantitative estimate of drug-likeness (QED) is 0.751. The molecule has 0 unspecified atom stereocenters. The molecule has 3 saturated heterocycles. The van der Waals surface area contributed by atoms with E-state index in [1.165, 1.54) is 25.0 Å². The van der Waals surface area contributed by atoms with E-state index < -0.39 is 0 Å². The van der Waals surface area contributed by atoms with Gasteiger partial charge in [-0.3, -0.25) is 9.59 Å². The van der Waals surface area contributed by atoms with Crippen LogP contribution in [0.2, 0.25) is 0 Å². The minimum Gasteiger partial charge on any atom is -0.490 e. The van der Waals surface area contributed by atoms with E-state index in [0.29, 0.717) is 5.92 Å². The van der Waals surface area contributed by atoms with Crippen LogP contribution < -0.4 is 10.2 Å². The highest BCUT2D eigenvalue weighted by Gasteiger charge is 2.38. The molecule has 0 aliphatic carbocycles. The molecule has 154 valence electrons. The molecule has 0 saturated carbocycles. The number of carbonyl (C=O) groups excluding carboxylic acids is 1. The maximum Gasteiger partial charge on any atom is 0.290 e. The normalized spacial score (nSPS) is 21.8. The third-order valence-electron chi connectivity index (χ3n) is 6.06. The average molecular weight is 396 g/mol. The first-order valence-corrected chi connectivity index (χ1v) is 10.4. The Morgan fingerprint density at radius 3 is 2.76 bits per heavy atom. The molecule has 1 amide bonds. The van der Waals surface area contributed by atoms with E-state index in [4.69, 9.17) is 9.15 Å². The van der Waals surface area contributed by atoms with Crippen molar-refractivity contribution in [3.63, 3.8) is 0 Å². The van der Waals surface area contributed by atoms with E-state index >= 15 is 0 Å². The minimum atomic E-state index is -0.329. The number of ether oxygens (including phenoxy) is 1. The van der Waals surface area contributed by atoms with Gasteiger partial charge in [0, 0.05) is 31.7 Å². The predicted molar refractivity (Wildman–Crippen MR) is 110 cm³/mol. The third-order valence-corrected chi connectivity index (χ3v) is 6.06. The van der Waals surface area contributed by atoms with Crippen molar-refractivity contribution in [2.45, 2.75) is 31.7 Å². The van der Waals surface area contributed by atoms with Crippen molar-refractivity contribution in [1.29, 1.82) is 0 Å². The molecular formula is C23H28N2O4. The largest absolute Gasteiger partial charge is 0.490 e. The molecule has 3 aliphatic rings. The number of hydrogen-bond acceptors (Lipinski definition) is 5. The lowest BCUT2D eigenvalue weighted by Gasteiger charge is -2.35. The van der Waals surface area contributed by atoms with Crippen molar-refractivity contribution in [2.24, 2.45) is 5.92 Å². The molecule has 2 atom stereocenters. The highest BCUT2D eigenvalue weighted by Crippen LogP contribution is 2.29. The average Bonchev–Trinajstić information content (AvgIpc) is 3.05. The lowest BCUT2D eigenvalue weighted by atomic mass is 9.95. The first-order chi connectivity index (χ1) is 14.1. The second-order valence-electron chi connectivity index (χ2n) is 8.08. The molecule has 2 aromatic rings. The van der Waals surface area contributed by atoms with Gasteiger partial charge in [0.2, 0.25) is 11.2 Å². The summed E-state index contributed by atoms with van der Waals surface area (Å²) in [5, 5.41) is 0. The number of rotatable bonds is 6. The minimum absolute atomic E-state index is 0.0963. The Morgan fingerprint density at radius 1 is 1.17 bits per heavy atom. The van der Waals surface area contributed by atoms with Gasteiger partial charge in [0.1, 0.15) is 6.26 Å². The molecule has 29 heavy (non-hydrogen) atoms. The fourth-order valence-corrected chi connectivity index (χ4v) is 4.56. The predicted octanol–water partition coefficient (Wildman–Crippen LogP) is 2.82. The molecule has 4 heterocycles. The molecular weight excluding hydrogens is 368 g/mol. The van der Waals surface area contributed by atoms with Crippen LogP contribution in [0, 0.1) is 5.92 Å². The standard InChI is InChI=1S/C23H28N2O4/c1-28-22-16-29-21(12-20(22)26)23(27)25-14-18-9-10-19(25)15-24(13-18)11-5-8-17-6-3-2-4-7-17/h2-4,6-7,12,16,18-19H,5,8-11,13-15H2,1H3/t18-,19+/m0/s1. The maximum absolute atomic E-state index is 13.0. The summed E-state index contributed by atoms with van der Waals surface area (Å²) in [6, 6.07) is 12.0. The van der Waals surface area contributed by atoms with Crippen LogP contribution in [0.25, 0.3) is 0 Å².